The maximum absolute atomic E-state index is 10.7. The van der Waals surface area contributed by atoms with E-state index in [1.807, 2.05) is 0 Å². The Balaban J connectivity index is 1.97. The third-order valence-corrected chi connectivity index (χ3v) is 3.07. The van der Waals surface area contributed by atoms with E-state index in [1.54, 1.807) is 6.07 Å². The maximum atomic E-state index is 10.7. The Morgan fingerprint density at radius 1 is 1.62 bits per heavy atom. The summed E-state index contributed by atoms with van der Waals surface area (Å²) in [6.07, 6.45) is -0.0224. The van der Waals surface area contributed by atoms with E-state index in [-0.39, 0.29) is 17.5 Å². The maximum Gasteiger partial charge on any atom is 0.332 e. The summed E-state index contributed by atoms with van der Waals surface area (Å²) < 4.78 is 5.30. The van der Waals surface area contributed by atoms with Gasteiger partial charge in [-0.25, -0.2) is 9.78 Å². The molecule has 0 aliphatic carbocycles. The highest BCUT2D eigenvalue weighted by atomic mass is 16.6. The number of aromatic nitrogens is 1. The van der Waals surface area contributed by atoms with Crippen molar-refractivity contribution in [2.45, 2.75) is 25.0 Å². The van der Waals surface area contributed by atoms with E-state index in [2.05, 4.69) is 10.3 Å². The molecule has 1 fully saturated rings. The predicted octanol–water partition coefficient (Wildman–Crippen LogP) is 0.906. The number of hydrogen-bond donors (Lipinski definition) is 2. The molecule has 0 bridgehead atoms. The fourth-order valence-corrected chi connectivity index (χ4v) is 2.04. The Hall–Kier alpha value is -2.73. The normalized spacial score (nSPS) is 20.7. The topological polar surface area (TPSA) is 138 Å². The first-order valence-corrected chi connectivity index (χ1v) is 6.19. The van der Waals surface area contributed by atoms with Crippen molar-refractivity contribution in [3.8, 4) is 6.07 Å². The Morgan fingerprint density at radius 2 is 2.38 bits per heavy atom. The van der Waals surface area contributed by atoms with Gasteiger partial charge in [-0.15, -0.1) is 0 Å². The van der Waals surface area contributed by atoms with Crippen molar-refractivity contribution in [2.75, 3.05) is 11.9 Å². The molecule has 0 saturated carbocycles. The lowest BCUT2D eigenvalue weighted by atomic mass is 10.2. The lowest BCUT2D eigenvalue weighted by Crippen LogP contribution is -2.24. The molecule has 21 heavy (non-hydrogen) atoms. The van der Waals surface area contributed by atoms with Crippen LogP contribution in [0.1, 0.15) is 18.5 Å². The first-order valence-electron chi connectivity index (χ1n) is 6.19. The van der Waals surface area contributed by atoms with Crippen LogP contribution in [0.2, 0.25) is 0 Å². The van der Waals surface area contributed by atoms with Gasteiger partial charge in [0.05, 0.1) is 11.0 Å². The molecule has 0 aromatic carbocycles. The molecule has 2 unspecified atom stereocenters. The van der Waals surface area contributed by atoms with E-state index in [9.17, 15) is 14.9 Å². The summed E-state index contributed by atoms with van der Waals surface area (Å²) in [7, 11) is 0. The largest absolute Gasteiger partial charge is 0.479 e. The van der Waals surface area contributed by atoms with Gasteiger partial charge in [-0.05, 0) is 18.9 Å². The molecule has 110 valence electrons. The second kappa shape index (κ2) is 6.15. The molecule has 9 heteroatoms. The summed E-state index contributed by atoms with van der Waals surface area (Å²) in [4.78, 5) is 24.6. The van der Waals surface area contributed by atoms with Crippen molar-refractivity contribution in [3.05, 3.63) is 27.9 Å². The summed E-state index contributed by atoms with van der Waals surface area (Å²) in [6.45, 7) is 0.319. The number of nitrogens with one attached hydrogen (secondary N) is 1. The second-order valence-electron chi connectivity index (χ2n) is 4.48. The minimum Gasteiger partial charge on any atom is -0.479 e. The minimum absolute atomic E-state index is 0.270. The third-order valence-electron chi connectivity index (χ3n) is 3.07. The fourth-order valence-electron chi connectivity index (χ4n) is 2.04. The average Bonchev–Trinajstić information content (AvgIpc) is 2.93. The molecular formula is C12H12N4O5. The van der Waals surface area contributed by atoms with Crippen molar-refractivity contribution >= 4 is 17.5 Å². The van der Waals surface area contributed by atoms with Crippen LogP contribution < -0.4 is 5.32 Å². The number of carboxylic acids is 1. The molecule has 2 N–H and O–H groups in total. The number of carbonyl (C=O) groups is 1. The number of nitriles is 1. The molecule has 2 atom stereocenters. The van der Waals surface area contributed by atoms with Crippen LogP contribution >= 0.6 is 0 Å². The number of rotatable bonds is 5. The number of pyridine rings is 1. The monoisotopic (exact) mass is 292 g/mol. The summed E-state index contributed by atoms with van der Waals surface area (Å²) in [5, 5.41) is 31.2. The van der Waals surface area contributed by atoms with Crippen LogP contribution in [0.5, 0.6) is 0 Å². The second-order valence-corrected chi connectivity index (χ2v) is 4.48. The first kappa shape index (κ1) is 14.7. The average molecular weight is 292 g/mol. The molecule has 1 aliphatic heterocycles. The highest BCUT2D eigenvalue weighted by molar-refractivity contribution is 5.72. The smallest absolute Gasteiger partial charge is 0.332 e. The predicted molar refractivity (Wildman–Crippen MR) is 69.6 cm³/mol. The number of aliphatic carboxylic acids is 1. The van der Waals surface area contributed by atoms with Crippen molar-refractivity contribution in [1.29, 1.82) is 5.26 Å². The summed E-state index contributed by atoms with van der Waals surface area (Å²) in [5.41, 5.74) is -0.633. The van der Waals surface area contributed by atoms with Crippen molar-refractivity contribution < 1.29 is 19.6 Å². The Morgan fingerprint density at radius 3 is 2.95 bits per heavy atom. The first-order chi connectivity index (χ1) is 10.0. The highest BCUT2D eigenvalue weighted by Gasteiger charge is 2.30. The zero-order valence-electron chi connectivity index (χ0n) is 10.9. The standard InChI is InChI=1S/C12H12N4O5/c13-5-8-9(16(19)20)2-4-11(15-8)14-6-7-1-3-10(21-7)12(17)18/h2,4,7,10H,1,3,6H2,(H,14,15)(H,17,18). The van der Waals surface area contributed by atoms with Gasteiger partial charge in [-0.1, -0.05) is 0 Å². The third kappa shape index (κ3) is 3.43. The van der Waals surface area contributed by atoms with Gasteiger partial charge in [0, 0.05) is 12.6 Å². The van der Waals surface area contributed by atoms with Crippen molar-refractivity contribution in [2.24, 2.45) is 0 Å². The zero-order valence-corrected chi connectivity index (χ0v) is 10.9. The SMILES string of the molecule is N#Cc1nc(NCC2CCC(C(=O)O)O2)ccc1[N+](=O)[O-]. The molecule has 2 heterocycles. The van der Waals surface area contributed by atoms with Crippen LogP contribution in [0.4, 0.5) is 11.5 Å². The summed E-state index contributed by atoms with van der Waals surface area (Å²) in [6, 6.07) is 4.25. The van der Waals surface area contributed by atoms with E-state index in [0.717, 1.165) is 0 Å². The van der Waals surface area contributed by atoms with Gasteiger partial charge >= 0.3 is 11.7 Å². The van der Waals surface area contributed by atoms with E-state index in [4.69, 9.17) is 15.1 Å². The molecule has 1 aromatic heterocycles. The molecule has 1 aromatic rings. The number of anilines is 1. The molecular weight excluding hydrogens is 280 g/mol. The van der Waals surface area contributed by atoms with Crippen LogP contribution in [0.3, 0.4) is 0 Å². The van der Waals surface area contributed by atoms with E-state index in [1.165, 1.54) is 12.1 Å². The highest BCUT2D eigenvalue weighted by Crippen LogP contribution is 2.21. The number of nitro groups is 1. The quantitative estimate of drug-likeness (QED) is 0.603. The van der Waals surface area contributed by atoms with Gasteiger partial charge < -0.3 is 15.2 Å². The number of ether oxygens (including phenoxy) is 1. The molecule has 2 rings (SSSR count). The minimum atomic E-state index is -0.988. The fraction of sp³-hybridized carbons (Fsp3) is 0.417. The van der Waals surface area contributed by atoms with Gasteiger partial charge in [-0.3, -0.25) is 10.1 Å². The van der Waals surface area contributed by atoms with Crippen LogP contribution in [0.15, 0.2) is 12.1 Å². The van der Waals surface area contributed by atoms with Crippen LogP contribution in [-0.2, 0) is 9.53 Å². The Kier molecular flexibility index (Phi) is 4.30. The number of carboxylic acid groups (broad SMARTS) is 1. The van der Waals surface area contributed by atoms with Crippen molar-refractivity contribution in [1.82, 2.24) is 4.98 Å². The molecule has 0 amide bonds. The summed E-state index contributed by atoms with van der Waals surface area (Å²) >= 11 is 0. The van der Waals surface area contributed by atoms with Gasteiger partial charge in [-0.2, -0.15) is 5.26 Å². The summed E-state index contributed by atoms with van der Waals surface area (Å²) in [5.74, 6) is -0.683. The van der Waals surface area contributed by atoms with E-state index in [0.29, 0.717) is 25.2 Å². The van der Waals surface area contributed by atoms with E-state index < -0.39 is 17.0 Å². The lowest BCUT2D eigenvalue weighted by molar-refractivity contribution is -0.385. The Bertz CT molecular complexity index is 612. The molecule has 0 spiro atoms. The molecule has 9 nitrogen and oxygen atoms in total. The Labute approximate surface area is 119 Å². The molecule has 1 saturated heterocycles. The molecule has 0 radical (unpaired) electrons. The number of hydrogen-bond acceptors (Lipinski definition) is 7. The van der Waals surface area contributed by atoms with Gasteiger partial charge in [0.25, 0.3) is 0 Å². The zero-order chi connectivity index (χ0) is 15.4. The van der Waals surface area contributed by atoms with Crippen molar-refractivity contribution in [3.63, 3.8) is 0 Å². The molecule has 1 aliphatic rings. The van der Waals surface area contributed by atoms with Gasteiger partial charge in [0.2, 0.25) is 5.69 Å². The van der Waals surface area contributed by atoms with Gasteiger partial charge in [0.15, 0.2) is 6.10 Å². The number of nitrogens with zero attached hydrogens (tertiary/aromatic N) is 3. The van der Waals surface area contributed by atoms with Crippen LogP contribution in [0, 0.1) is 21.4 Å². The van der Waals surface area contributed by atoms with Crippen LogP contribution in [0.25, 0.3) is 0 Å². The van der Waals surface area contributed by atoms with Crippen LogP contribution in [-0.4, -0.2) is 39.7 Å². The lowest BCUT2D eigenvalue weighted by Gasteiger charge is -2.12. The van der Waals surface area contributed by atoms with Gasteiger partial charge in [0.1, 0.15) is 11.9 Å². The van der Waals surface area contributed by atoms with E-state index >= 15 is 0 Å².